The molecule has 3 heterocycles. The van der Waals surface area contributed by atoms with E-state index in [9.17, 15) is 10.0 Å². The molecule has 1 amide bonds. The first kappa shape index (κ1) is 15.5. The second kappa shape index (κ2) is 6.48. The van der Waals surface area contributed by atoms with Gasteiger partial charge in [-0.15, -0.1) is 0 Å². The average Bonchev–Trinajstić information content (AvgIpc) is 2.67. The number of aromatic nitrogens is 1. The van der Waals surface area contributed by atoms with Gasteiger partial charge in [-0.1, -0.05) is 35.5 Å². The summed E-state index contributed by atoms with van der Waals surface area (Å²) in [6, 6.07) is 11.2. The van der Waals surface area contributed by atoms with Crippen LogP contribution in [0.4, 0.5) is 0 Å². The Balaban J connectivity index is 1.72. The summed E-state index contributed by atoms with van der Waals surface area (Å²) in [4.78, 5) is 14.7. The van der Waals surface area contributed by atoms with Crippen molar-refractivity contribution in [1.82, 2.24) is 9.58 Å². The number of rotatable bonds is 3. The smallest absolute Gasteiger partial charge is 0.278 e. The number of fused-ring (bicyclic) bond motifs is 2. The van der Waals surface area contributed by atoms with Crippen LogP contribution in [0.1, 0.15) is 16.1 Å². The van der Waals surface area contributed by atoms with Gasteiger partial charge in [-0.3, -0.25) is 9.47 Å². The molecule has 0 spiro atoms. The zero-order valence-corrected chi connectivity index (χ0v) is 13.5. The van der Waals surface area contributed by atoms with E-state index in [2.05, 4.69) is 10.6 Å². The Morgan fingerprint density at radius 1 is 1.32 bits per heavy atom. The molecule has 0 saturated carbocycles. The van der Waals surface area contributed by atoms with Crippen LogP contribution < -0.4 is 15.5 Å². The van der Waals surface area contributed by atoms with Crippen LogP contribution in [-0.4, -0.2) is 46.6 Å². The van der Waals surface area contributed by atoms with Crippen LogP contribution >= 0.6 is 0 Å². The van der Waals surface area contributed by atoms with E-state index in [1.807, 2.05) is 30.3 Å². The lowest BCUT2D eigenvalue weighted by Crippen LogP contribution is -2.59. The Hall–Kier alpha value is -3.00. The molecule has 2 N–H and O–H groups in total. The molecule has 2 aliphatic rings. The van der Waals surface area contributed by atoms with Gasteiger partial charge in [-0.25, -0.2) is 0 Å². The Bertz CT molecular complexity index is 849. The van der Waals surface area contributed by atoms with Crippen molar-refractivity contribution < 1.29 is 19.5 Å². The molecule has 1 saturated heterocycles. The molecule has 1 aromatic heterocycles. The highest BCUT2D eigenvalue weighted by atomic mass is 16.5. The van der Waals surface area contributed by atoms with E-state index in [1.165, 1.54) is 0 Å². The molecule has 1 fully saturated rings. The number of morpholine rings is 1. The van der Waals surface area contributed by atoms with Crippen molar-refractivity contribution in [3.63, 3.8) is 0 Å². The minimum atomic E-state index is -0.224. The van der Waals surface area contributed by atoms with Gasteiger partial charge in [0.2, 0.25) is 0 Å². The van der Waals surface area contributed by atoms with E-state index in [1.54, 1.807) is 21.8 Å². The molecule has 0 aliphatic carbocycles. The van der Waals surface area contributed by atoms with E-state index in [4.69, 9.17) is 9.47 Å². The van der Waals surface area contributed by atoms with Gasteiger partial charge in [0.25, 0.3) is 5.91 Å². The Morgan fingerprint density at radius 3 is 2.96 bits per heavy atom. The number of pyridine rings is 1. The Labute approximate surface area is 143 Å². The van der Waals surface area contributed by atoms with Crippen molar-refractivity contribution >= 4 is 5.91 Å². The van der Waals surface area contributed by atoms with Crippen LogP contribution in [0.25, 0.3) is 0 Å². The number of hydrogen-bond acceptors (Lipinski definition) is 6. The number of nitrogens with one attached hydrogen (secondary N) is 1. The first-order valence-electron chi connectivity index (χ1n) is 8.03. The second-order valence-corrected chi connectivity index (χ2v) is 5.84. The van der Waals surface area contributed by atoms with Gasteiger partial charge in [-0.2, -0.15) is 0 Å². The van der Waals surface area contributed by atoms with Crippen molar-refractivity contribution in [3.05, 3.63) is 59.2 Å². The first-order chi connectivity index (χ1) is 12.3. The van der Waals surface area contributed by atoms with E-state index in [0.29, 0.717) is 25.5 Å². The number of carbonyl (C=O) groups is 1. The lowest BCUT2D eigenvalue weighted by molar-refractivity contribution is -0.00329. The van der Waals surface area contributed by atoms with Crippen molar-refractivity contribution in [1.29, 1.82) is 0 Å². The number of benzene rings is 1. The molecule has 25 heavy (non-hydrogen) atoms. The van der Waals surface area contributed by atoms with Crippen LogP contribution in [0.5, 0.6) is 5.75 Å². The molecular formula is C17H18N4O4. The van der Waals surface area contributed by atoms with Crippen LogP contribution in [0, 0.1) is 0 Å². The Kier molecular flexibility index (Phi) is 4.02. The predicted octanol–water partition coefficient (Wildman–Crippen LogP) is 0.713. The van der Waals surface area contributed by atoms with Gasteiger partial charge in [0, 0.05) is 12.7 Å². The maximum atomic E-state index is 13.0. The molecule has 2 aliphatic heterocycles. The van der Waals surface area contributed by atoms with Gasteiger partial charge in [0.05, 0.1) is 13.2 Å². The lowest BCUT2D eigenvalue weighted by atomic mass is 10.2. The fraction of sp³-hybridized carbons (Fsp3) is 0.294. The van der Waals surface area contributed by atoms with Gasteiger partial charge in [-0.05, 0) is 11.6 Å². The normalized spacial score (nSPS) is 19.8. The zero-order valence-electron chi connectivity index (χ0n) is 13.5. The highest BCUT2D eigenvalue weighted by Crippen LogP contribution is 2.23. The molecule has 0 bridgehead atoms. The molecule has 1 aromatic carbocycles. The topological polar surface area (TPSA) is 88.3 Å². The zero-order chi connectivity index (χ0) is 17.2. The van der Waals surface area contributed by atoms with E-state index in [-0.39, 0.29) is 29.8 Å². The SMILES string of the molecule is O=C1c2c(OCc3ccccc3)/c(=N/O)ccn2N[C@@H]2COCCN12. The van der Waals surface area contributed by atoms with Crippen molar-refractivity contribution in [2.75, 3.05) is 25.2 Å². The third-order valence-electron chi connectivity index (χ3n) is 4.28. The van der Waals surface area contributed by atoms with Gasteiger partial charge in [0.15, 0.2) is 11.4 Å². The number of ether oxygens (including phenoxy) is 2. The second-order valence-electron chi connectivity index (χ2n) is 5.84. The molecule has 0 radical (unpaired) electrons. The highest BCUT2D eigenvalue weighted by molar-refractivity contribution is 5.96. The molecule has 2 aromatic rings. The molecular weight excluding hydrogens is 324 g/mol. The average molecular weight is 342 g/mol. The monoisotopic (exact) mass is 342 g/mol. The summed E-state index contributed by atoms with van der Waals surface area (Å²) < 4.78 is 12.9. The number of nitrogens with zero attached hydrogens (tertiary/aromatic N) is 3. The van der Waals surface area contributed by atoms with Crippen molar-refractivity contribution in [2.24, 2.45) is 5.16 Å². The summed E-state index contributed by atoms with van der Waals surface area (Å²) in [6.07, 6.45) is 1.42. The first-order valence-corrected chi connectivity index (χ1v) is 8.03. The summed E-state index contributed by atoms with van der Waals surface area (Å²) in [5.74, 6) is 0.0666. The van der Waals surface area contributed by atoms with Crippen LogP contribution in [0.3, 0.4) is 0 Å². The summed E-state index contributed by atoms with van der Waals surface area (Å²) in [5, 5.41) is 12.8. The van der Waals surface area contributed by atoms with Gasteiger partial charge >= 0.3 is 0 Å². The minimum absolute atomic E-state index is 0.180. The maximum Gasteiger partial charge on any atom is 0.278 e. The summed E-state index contributed by atoms with van der Waals surface area (Å²) in [6.45, 7) is 1.67. The van der Waals surface area contributed by atoms with Crippen molar-refractivity contribution in [2.45, 2.75) is 12.8 Å². The standard InChI is InChI=1S/C17H18N4O4/c22-17-15-16(25-10-12-4-2-1-3-5-12)13(19-23)6-7-21(15)18-14-11-24-9-8-20(14)17/h1-7,14,18,23H,8-11H2/b19-13+/t14-/m0/s1. The molecule has 4 rings (SSSR count). The van der Waals surface area contributed by atoms with E-state index in [0.717, 1.165) is 5.56 Å². The Morgan fingerprint density at radius 2 is 2.16 bits per heavy atom. The van der Waals surface area contributed by atoms with E-state index >= 15 is 0 Å². The third-order valence-corrected chi connectivity index (χ3v) is 4.28. The minimum Gasteiger partial charge on any atom is -0.484 e. The van der Waals surface area contributed by atoms with Gasteiger partial charge in [0.1, 0.15) is 18.1 Å². The third kappa shape index (κ3) is 2.80. The number of carbonyl (C=O) groups excluding carboxylic acids is 1. The summed E-state index contributed by atoms with van der Waals surface area (Å²) in [5.41, 5.74) is 4.48. The number of hydrogen-bond donors (Lipinski definition) is 2. The maximum absolute atomic E-state index is 13.0. The molecule has 1 atom stereocenters. The fourth-order valence-electron chi connectivity index (χ4n) is 3.03. The largest absolute Gasteiger partial charge is 0.484 e. The molecule has 130 valence electrons. The van der Waals surface area contributed by atoms with Crippen LogP contribution in [0.2, 0.25) is 0 Å². The van der Waals surface area contributed by atoms with Gasteiger partial charge < -0.3 is 25.0 Å². The van der Waals surface area contributed by atoms with E-state index < -0.39 is 0 Å². The number of amides is 1. The highest BCUT2D eigenvalue weighted by Gasteiger charge is 2.36. The van der Waals surface area contributed by atoms with Crippen LogP contribution in [0.15, 0.2) is 47.8 Å². The summed E-state index contributed by atoms with van der Waals surface area (Å²) >= 11 is 0. The molecule has 0 unspecified atom stereocenters. The van der Waals surface area contributed by atoms with Crippen LogP contribution in [-0.2, 0) is 11.3 Å². The molecule has 8 nitrogen and oxygen atoms in total. The molecule has 8 heteroatoms. The van der Waals surface area contributed by atoms with Crippen molar-refractivity contribution in [3.8, 4) is 5.75 Å². The quantitative estimate of drug-likeness (QED) is 0.634. The predicted molar refractivity (Wildman–Crippen MR) is 87.6 cm³/mol. The lowest BCUT2D eigenvalue weighted by Gasteiger charge is -2.41. The fourth-order valence-corrected chi connectivity index (χ4v) is 3.03. The summed E-state index contributed by atoms with van der Waals surface area (Å²) in [7, 11) is 0.